The van der Waals surface area contributed by atoms with Crippen LogP contribution in [0.5, 0.6) is 11.5 Å². The summed E-state index contributed by atoms with van der Waals surface area (Å²) in [6.07, 6.45) is 0.707. The molecule has 0 aromatic heterocycles. The van der Waals surface area contributed by atoms with Crippen LogP contribution in [-0.4, -0.2) is 6.29 Å². The number of nitriles is 1. The second-order valence-corrected chi connectivity index (χ2v) is 5.25. The van der Waals surface area contributed by atoms with E-state index in [1.165, 1.54) is 6.07 Å². The molecule has 0 radical (unpaired) electrons. The van der Waals surface area contributed by atoms with E-state index in [-0.39, 0.29) is 0 Å². The third-order valence-electron chi connectivity index (χ3n) is 2.90. The number of hydrogen-bond donors (Lipinski definition) is 0. The second kappa shape index (κ2) is 5.89. The van der Waals surface area contributed by atoms with Gasteiger partial charge in [0.25, 0.3) is 0 Å². The lowest BCUT2D eigenvalue weighted by Gasteiger charge is -2.11. The average Bonchev–Trinajstić information content (AvgIpc) is 2.45. The summed E-state index contributed by atoms with van der Waals surface area (Å²) in [5.74, 6) is 1.11. The maximum absolute atomic E-state index is 10.7. The van der Waals surface area contributed by atoms with E-state index >= 15 is 0 Å². The Morgan fingerprint density at radius 3 is 2.40 bits per heavy atom. The minimum absolute atomic E-state index is 0.341. The van der Waals surface area contributed by atoms with Crippen LogP contribution in [0.3, 0.4) is 0 Å². The van der Waals surface area contributed by atoms with Crippen molar-refractivity contribution in [2.45, 2.75) is 13.8 Å². The number of halogens is 1. The number of rotatable bonds is 3. The predicted molar refractivity (Wildman–Crippen MR) is 80.2 cm³/mol. The fourth-order valence-electron chi connectivity index (χ4n) is 1.89. The molecule has 0 aliphatic rings. The molecular weight excluding hydrogens is 318 g/mol. The second-order valence-electron chi connectivity index (χ2n) is 4.46. The standard InChI is InChI=1S/C16H12BrNO2/c1-10-5-14(6-11(2)16(10)17)20-15-4-3-12(9-19)7-13(15)8-18/h3-7,9H,1-2H3. The molecule has 0 atom stereocenters. The smallest absolute Gasteiger partial charge is 0.150 e. The van der Waals surface area contributed by atoms with Gasteiger partial charge in [-0.3, -0.25) is 4.79 Å². The zero-order valence-corrected chi connectivity index (χ0v) is 12.7. The maximum Gasteiger partial charge on any atom is 0.150 e. The van der Waals surface area contributed by atoms with Gasteiger partial charge in [-0.2, -0.15) is 5.26 Å². The fraction of sp³-hybridized carbons (Fsp3) is 0.125. The Balaban J connectivity index is 2.40. The van der Waals surface area contributed by atoms with E-state index in [9.17, 15) is 4.79 Å². The third-order valence-corrected chi connectivity index (χ3v) is 4.15. The van der Waals surface area contributed by atoms with Crippen molar-refractivity contribution in [3.8, 4) is 17.6 Å². The first-order chi connectivity index (χ1) is 9.55. The lowest BCUT2D eigenvalue weighted by atomic mass is 10.1. The van der Waals surface area contributed by atoms with Gasteiger partial charge in [0.1, 0.15) is 23.9 Å². The number of carbonyl (C=O) groups excluding carboxylic acids is 1. The monoisotopic (exact) mass is 329 g/mol. The fourth-order valence-corrected chi connectivity index (χ4v) is 2.12. The van der Waals surface area contributed by atoms with Gasteiger partial charge < -0.3 is 4.74 Å². The van der Waals surface area contributed by atoms with Crippen LogP contribution in [0.15, 0.2) is 34.8 Å². The van der Waals surface area contributed by atoms with Crippen LogP contribution in [-0.2, 0) is 0 Å². The summed E-state index contributed by atoms with van der Waals surface area (Å²) < 4.78 is 6.80. The van der Waals surface area contributed by atoms with E-state index in [4.69, 9.17) is 10.00 Å². The number of carbonyl (C=O) groups is 1. The number of aryl methyl sites for hydroxylation is 2. The molecule has 0 saturated carbocycles. The lowest BCUT2D eigenvalue weighted by Crippen LogP contribution is -1.92. The quantitative estimate of drug-likeness (QED) is 0.776. The summed E-state index contributed by atoms with van der Waals surface area (Å²) >= 11 is 3.50. The number of nitrogens with zero attached hydrogens (tertiary/aromatic N) is 1. The van der Waals surface area contributed by atoms with Gasteiger partial charge in [-0.1, -0.05) is 15.9 Å². The van der Waals surface area contributed by atoms with Gasteiger partial charge in [-0.05, 0) is 55.3 Å². The van der Waals surface area contributed by atoms with Crippen molar-refractivity contribution >= 4 is 22.2 Å². The SMILES string of the molecule is Cc1cc(Oc2ccc(C=O)cc2C#N)cc(C)c1Br. The molecule has 100 valence electrons. The Labute approximate surface area is 125 Å². The predicted octanol–water partition coefficient (Wildman–Crippen LogP) is 4.54. The highest BCUT2D eigenvalue weighted by molar-refractivity contribution is 9.10. The molecule has 2 aromatic rings. The third kappa shape index (κ3) is 2.89. The highest BCUT2D eigenvalue weighted by atomic mass is 79.9. The van der Waals surface area contributed by atoms with Crippen LogP contribution in [0.25, 0.3) is 0 Å². The summed E-state index contributed by atoms with van der Waals surface area (Å²) in [5, 5.41) is 9.12. The Bertz CT molecular complexity index is 694. The van der Waals surface area contributed by atoms with E-state index < -0.39 is 0 Å². The van der Waals surface area contributed by atoms with Crippen molar-refractivity contribution < 1.29 is 9.53 Å². The zero-order chi connectivity index (χ0) is 14.7. The molecule has 0 spiro atoms. The van der Waals surface area contributed by atoms with Crippen molar-refractivity contribution in [3.05, 3.63) is 57.1 Å². The van der Waals surface area contributed by atoms with E-state index in [0.717, 1.165) is 15.6 Å². The molecule has 2 rings (SSSR count). The molecule has 0 saturated heterocycles. The number of hydrogen-bond acceptors (Lipinski definition) is 3. The zero-order valence-electron chi connectivity index (χ0n) is 11.1. The maximum atomic E-state index is 10.7. The Morgan fingerprint density at radius 2 is 1.85 bits per heavy atom. The number of ether oxygens (including phenoxy) is 1. The van der Waals surface area contributed by atoms with Crippen LogP contribution in [0.1, 0.15) is 27.0 Å². The van der Waals surface area contributed by atoms with Gasteiger partial charge in [0, 0.05) is 10.0 Å². The van der Waals surface area contributed by atoms with Crippen LogP contribution in [0.2, 0.25) is 0 Å². The summed E-state index contributed by atoms with van der Waals surface area (Å²) in [6.45, 7) is 3.95. The van der Waals surface area contributed by atoms with Crippen LogP contribution in [0, 0.1) is 25.2 Å². The molecule has 3 nitrogen and oxygen atoms in total. The molecule has 0 bridgehead atoms. The summed E-state index contributed by atoms with van der Waals surface area (Å²) in [4.78, 5) is 10.7. The van der Waals surface area contributed by atoms with Crippen molar-refractivity contribution in [1.29, 1.82) is 5.26 Å². The van der Waals surface area contributed by atoms with Gasteiger partial charge in [-0.15, -0.1) is 0 Å². The van der Waals surface area contributed by atoms with Crippen molar-refractivity contribution in [2.75, 3.05) is 0 Å². The van der Waals surface area contributed by atoms with Gasteiger partial charge in [0.15, 0.2) is 0 Å². The molecule has 20 heavy (non-hydrogen) atoms. The Morgan fingerprint density at radius 1 is 1.20 bits per heavy atom. The molecular formula is C16H12BrNO2. The summed E-state index contributed by atoms with van der Waals surface area (Å²) in [5.41, 5.74) is 2.91. The Hall–Kier alpha value is -2.12. The van der Waals surface area contributed by atoms with Crippen molar-refractivity contribution in [3.63, 3.8) is 0 Å². The van der Waals surface area contributed by atoms with Crippen LogP contribution < -0.4 is 4.74 Å². The number of benzene rings is 2. The minimum Gasteiger partial charge on any atom is -0.456 e. The van der Waals surface area contributed by atoms with Gasteiger partial charge in [0.05, 0.1) is 5.56 Å². The molecule has 0 heterocycles. The van der Waals surface area contributed by atoms with E-state index in [2.05, 4.69) is 15.9 Å². The summed E-state index contributed by atoms with van der Waals surface area (Å²) in [6, 6.07) is 10.6. The molecule has 2 aromatic carbocycles. The summed E-state index contributed by atoms with van der Waals surface area (Å²) in [7, 11) is 0. The van der Waals surface area contributed by atoms with Crippen molar-refractivity contribution in [2.24, 2.45) is 0 Å². The first-order valence-corrected chi connectivity index (χ1v) is 6.78. The highest BCUT2D eigenvalue weighted by Crippen LogP contribution is 2.31. The molecule has 0 unspecified atom stereocenters. The highest BCUT2D eigenvalue weighted by Gasteiger charge is 2.08. The first kappa shape index (κ1) is 14.3. The lowest BCUT2D eigenvalue weighted by molar-refractivity contribution is 0.112. The molecule has 0 aliphatic carbocycles. The van der Waals surface area contributed by atoms with Crippen LogP contribution >= 0.6 is 15.9 Å². The molecule has 0 fully saturated rings. The van der Waals surface area contributed by atoms with E-state index in [0.29, 0.717) is 28.9 Å². The first-order valence-electron chi connectivity index (χ1n) is 5.99. The van der Waals surface area contributed by atoms with Crippen LogP contribution in [0.4, 0.5) is 0 Å². The minimum atomic E-state index is 0.341. The molecule has 0 N–H and O–H groups in total. The average molecular weight is 330 g/mol. The number of aldehydes is 1. The topological polar surface area (TPSA) is 50.1 Å². The molecule has 4 heteroatoms. The normalized spacial score (nSPS) is 9.90. The van der Waals surface area contributed by atoms with Gasteiger partial charge in [-0.25, -0.2) is 0 Å². The van der Waals surface area contributed by atoms with Gasteiger partial charge in [0.2, 0.25) is 0 Å². The largest absolute Gasteiger partial charge is 0.456 e. The van der Waals surface area contributed by atoms with E-state index in [1.54, 1.807) is 12.1 Å². The van der Waals surface area contributed by atoms with Gasteiger partial charge >= 0.3 is 0 Å². The van der Waals surface area contributed by atoms with Crippen molar-refractivity contribution in [1.82, 2.24) is 0 Å². The molecule has 0 amide bonds. The van der Waals surface area contributed by atoms with E-state index in [1.807, 2.05) is 32.0 Å². The molecule has 0 aliphatic heterocycles. The Kier molecular flexibility index (Phi) is 4.21.